The monoisotopic (exact) mass is 541 g/mol. The van der Waals surface area contributed by atoms with E-state index in [-0.39, 0.29) is 27.9 Å². The van der Waals surface area contributed by atoms with Crippen molar-refractivity contribution in [1.29, 1.82) is 0 Å². The molecule has 4 fully saturated rings. The first-order valence-electron chi connectivity index (χ1n) is 13.5. The van der Waals surface area contributed by atoms with Crippen molar-refractivity contribution in [3.05, 3.63) is 38.4 Å². The highest BCUT2D eigenvalue weighted by Gasteiger charge is 2.67. The summed E-state index contributed by atoms with van der Waals surface area (Å²) in [7, 11) is 0. The van der Waals surface area contributed by atoms with Crippen LogP contribution in [0.2, 0.25) is 0 Å². The smallest absolute Gasteiger partial charge is 0.339 e. The van der Waals surface area contributed by atoms with Crippen LogP contribution in [0.25, 0.3) is 0 Å². The number of amides is 2. The number of hydrogen-bond donors (Lipinski definition) is 3. The molecule has 1 spiro atoms. The summed E-state index contributed by atoms with van der Waals surface area (Å²) in [5, 5.41) is 39.4. The Hall–Kier alpha value is -3.57. The minimum atomic E-state index is -0.785. The van der Waals surface area contributed by atoms with Crippen LogP contribution < -0.4 is 10.7 Å². The van der Waals surface area contributed by atoms with Gasteiger partial charge in [0.15, 0.2) is 0 Å². The summed E-state index contributed by atoms with van der Waals surface area (Å²) in [5.74, 6) is -0.161. The van der Waals surface area contributed by atoms with Gasteiger partial charge in [-0.05, 0) is 87.0 Å². The number of rotatable bonds is 5. The molecule has 12 heteroatoms. The highest BCUT2D eigenvalue weighted by molar-refractivity contribution is 5.96. The van der Waals surface area contributed by atoms with Crippen LogP contribution >= 0.6 is 0 Å². The molecular weight excluding hydrogens is 506 g/mol. The molecule has 0 heterocycles. The summed E-state index contributed by atoms with van der Waals surface area (Å²) >= 11 is 0. The SMILES string of the molecule is C[C@@]12CCC3[C@@](CC[C@@H]4[C@](C)(C(=O)O)CCC[C@@]34C)(CC1=NNC(=O)Nc1ccc([N+](=O)[O-])cc1[N+](=O)[O-])C2. The number of carbonyl (C=O) groups is 2. The van der Waals surface area contributed by atoms with Crippen molar-refractivity contribution in [1.82, 2.24) is 5.43 Å². The Labute approximate surface area is 225 Å². The predicted octanol–water partition coefficient (Wildman–Crippen LogP) is 5.87. The van der Waals surface area contributed by atoms with E-state index in [1.54, 1.807) is 0 Å². The van der Waals surface area contributed by atoms with Crippen molar-refractivity contribution in [3.63, 3.8) is 0 Å². The summed E-state index contributed by atoms with van der Waals surface area (Å²) < 4.78 is 0. The second-order valence-electron chi connectivity index (χ2n) is 12.9. The van der Waals surface area contributed by atoms with Crippen LogP contribution in [0.15, 0.2) is 23.3 Å². The lowest BCUT2D eigenvalue weighted by atomic mass is 9.40. The van der Waals surface area contributed by atoms with Crippen LogP contribution in [-0.2, 0) is 4.79 Å². The van der Waals surface area contributed by atoms with Gasteiger partial charge in [-0.2, -0.15) is 5.10 Å². The largest absolute Gasteiger partial charge is 0.481 e. The number of nitro benzene ring substituents is 2. The van der Waals surface area contributed by atoms with Crippen LogP contribution in [0.5, 0.6) is 0 Å². The standard InChI is InChI=1S/C27H35N5O7/c1-24-11-7-20-25(2)9-4-10-26(3,22(33)34)19(25)8-12-27(20,15-24)14-21(24)29-30-23(35)28-17-6-5-16(31(36)37)13-18(17)32(38)39/h5-6,13,19-20H,4,7-12,14-15H2,1-3H3,(H,33,34)(H2,28,30,35)/t19-,20?,24-,25+,26+,27-/m0/s1. The highest BCUT2D eigenvalue weighted by atomic mass is 16.6. The molecule has 3 N–H and O–H groups in total. The van der Waals surface area contributed by atoms with E-state index in [2.05, 4.69) is 29.7 Å². The molecule has 12 nitrogen and oxygen atoms in total. The minimum Gasteiger partial charge on any atom is -0.481 e. The molecule has 4 aliphatic carbocycles. The lowest BCUT2D eigenvalue weighted by Crippen LogP contribution is -2.58. The normalized spacial score (nSPS) is 37.9. The molecule has 210 valence electrons. The Bertz CT molecular complexity index is 1300. The van der Waals surface area contributed by atoms with Crippen molar-refractivity contribution < 1.29 is 24.5 Å². The van der Waals surface area contributed by atoms with E-state index in [1.165, 1.54) is 0 Å². The fourth-order valence-electron chi connectivity index (χ4n) is 9.12. The van der Waals surface area contributed by atoms with Crippen LogP contribution in [0.1, 0.15) is 78.6 Å². The second-order valence-corrected chi connectivity index (χ2v) is 12.9. The van der Waals surface area contributed by atoms with Gasteiger partial charge in [-0.25, -0.2) is 10.2 Å². The number of hydrogen-bond acceptors (Lipinski definition) is 7. The Morgan fingerprint density at radius 3 is 2.41 bits per heavy atom. The first-order valence-corrected chi connectivity index (χ1v) is 13.5. The number of urea groups is 1. The number of nitrogens with zero attached hydrogens (tertiary/aromatic N) is 3. The number of aliphatic carboxylic acids is 1. The van der Waals surface area contributed by atoms with E-state index >= 15 is 0 Å². The number of non-ortho nitro benzene ring substituents is 1. The van der Waals surface area contributed by atoms with Crippen LogP contribution in [-0.4, -0.2) is 32.7 Å². The molecule has 2 amide bonds. The number of benzene rings is 1. The van der Waals surface area contributed by atoms with Crippen molar-refractivity contribution >= 4 is 34.8 Å². The number of carbonyl (C=O) groups excluding carboxylic acids is 1. The first-order chi connectivity index (χ1) is 18.2. The molecule has 1 aromatic rings. The Morgan fingerprint density at radius 2 is 1.74 bits per heavy atom. The quantitative estimate of drug-likeness (QED) is 0.308. The second kappa shape index (κ2) is 8.99. The van der Waals surface area contributed by atoms with E-state index < -0.39 is 38.6 Å². The Kier molecular flexibility index (Phi) is 6.23. The molecule has 1 aromatic carbocycles. The summed E-state index contributed by atoms with van der Waals surface area (Å²) in [4.78, 5) is 45.9. The maximum absolute atomic E-state index is 12.7. The molecule has 5 rings (SSSR count). The third-order valence-electron chi connectivity index (χ3n) is 10.8. The van der Waals surface area contributed by atoms with Gasteiger partial charge < -0.3 is 10.4 Å². The van der Waals surface area contributed by atoms with Crippen molar-refractivity contribution in [2.45, 2.75) is 78.6 Å². The summed E-state index contributed by atoms with van der Waals surface area (Å²) in [6.07, 6.45) is 8.07. The third kappa shape index (κ3) is 4.15. The van der Waals surface area contributed by atoms with Gasteiger partial charge in [-0.15, -0.1) is 0 Å². The molecule has 0 saturated heterocycles. The Balaban J connectivity index is 1.35. The van der Waals surface area contributed by atoms with E-state index in [1.807, 2.05) is 6.92 Å². The summed E-state index contributed by atoms with van der Waals surface area (Å²) in [5.41, 5.74) is 1.29. The van der Waals surface area contributed by atoms with E-state index in [9.17, 15) is 34.9 Å². The van der Waals surface area contributed by atoms with Crippen molar-refractivity contribution in [2.75, 3.05) is 5.32 Å². The lowest BCUT2D eigenvalue weighted by Gasteiger charge is -2.63. The lowest BCUT2D eigenvalue weighted by molar-refractivity contribution is -0.393. The summed E-state index contributed by atoms with van der Waals surface area (Å²) in [6.45, 7) is 6.42. The van der Waals surface area contributed by atoms with Crippen LogP contribution in [0.4, 0.5) is 21.9 Å². The molecule has 39 heavy (non-hydrogen) atoms. The molecule has 2 bridgehead atoms. The third-order valence-corrected chi connectivity index (χ3v) is 10.8. The number of nitrogens with one attached hydrogen (secondary N) is 2. The zero-order chi connectivity index (χ0) is 28.4. The van der Waals surface area contributed by atoms with Gasteiger partial charge in [0, 0.05) is 17.2 Å². The fraction of sp³-hybridized carbons (Fsp3) is 0.667. The maximum atomic E-state index is 12.7. The topological polar surface area (TPSA) is 177 Å². The first kappa shape index (κ1) is 27.0. The van der Waals surface area contributed by atoms with Gasteiger partial charge in [-0.3, -0.25) is 25.0 Å². The number of carboxylic acids is 1. The average Bonchev–Trinajstić information content (AvgIpc) is 3.06. The number of carboxylic acid groups (broad SMARTS) is 1. The molecule has 0 aliphatic heterocycles. The van der Waals surface area contributed by atoms with Gasteiger partial charge in [0.1, 0.15) is 5.69 Å². The molecular formula is C27H35N5O7. The molecule has 4 aliphatic rings. The van der Waals surface area contributed by atoms with E-state index in [0.29, 0.717) is 5.92 Å². The van der Waals surface area contributed by atoms with E-state index in [0.717, 1.165) is 81.7 Å². The van der Waals surface area contributed by atoms with Gasteiger partial charge in [0.25, 0.3) is 11.4 Å². The number of nitro groups is 2. The predicted molar refractivity (Wildman–Crippen MR) is 142 cm³/mol. The molecule has 6 atom stereocenters. The summed E-state index contributed by atoms with van der Waals surface area (Å²) in [6, 6.07) is 2.26. The number of anilines is 1. The molecule has 1 unspecified atom stereocenters. The van der Waals surface area contributed by atoms with Gasteiger partial charge in [0.2, 0.25) is 0 Å². The van der Waals surface area contributed by atoms with Crippen LogP contribution in [0.3, 0.4) is 0 Å². The minimum absolute atomic E-state index is 0.0170. The average molecular weight is 542 g/mol. The van der Waals surface area contributed by atoms with Crippen LogP contribution in [0, 0.1) is 53.7 Å². The molecule has 4 saturated carbocycles. The van der Waals surface area contributed by atoms with Crippen molar-refractivity contribution in [3.8, 4) is 0 Å². The number of hydrazone groups is 1. The maximum Gasteiger partial charge on any atom is 0.339 e. The zero-order valence-electron chi connectivity index (χ0n) is 22.5. The van der Waals surface area contributed by atoms with Gasteiger partial charge in [0.05, 0.1) is 21.3 Å². The van der Waals surface area contributed by atoms with Crippen molar-refractivity contribution in [2.24, 2.45) is 38.6 Å². The van der Waals surface area contributed by atoms with Gasteiger partial charge in [-0.1, -0.05) is 20.3 Å². The highest BCUT2D eigenvalue weighted by Crippen LogP contribution is 2.73. The fourth-order valence-corrected chi connectivity index (χ4v) is 9.12. The van der Waals surface area contributed by atoms with E-state index in [4.69, 9.17) is 0 Å². The Morgan fingerprint density at radius 1 is 1.03 bits per heavy atom. The molecule has 0 radical (unpaired) electrons. The zero-order valence-corrected chi connectivity index (χ0v) is 22.5. The number of fused-ring (bicyclic) bond motifs is 3. The van der Waals surface area contributed by atoms with Gasteiger partial charge >= 0.3 is 12.0 Å². The molecule has 0 aromatic heterocycles.